The molecule has 37 heavy (non-hydrogen) atoms. The lowest BCUT2D eigenvalue weighted by Gasteiger charge is -2.31. The standard InChI is InChI=1S/C30H41N7/c1-4-36-13-11-25(12-14-36)37-20-24(16-33-37)27-17-31-30-29(27)34-28(18-32-30)22-9-10-26(21-7-5-6-8-21)23(15-22)19-35(2)3/h9-10,15-16,18,20-21,25,27H,4-8,11-14,17,19H2,1-3H3,(H,31,32). The minimum atomic E-state index is 0.186. The summed E-state index contributed by atoms with van der Waals surface area (Å²) in [4.78, 5) is 14.8. The van der Waals surface area contributed by atoms with Crippen molar-refractivity contribution in [2.75, 3.05) is 45.6 Å². The number of likely N-dealkylation sites (tertiary alicyclic amines) is 1. The van der Waals surface area contributed by atoms with Crippen LogP contribution < -0.4 is 5.32 Å². The fourth-order valence-electron chi connectivity index (χ4n) is 6.60. The van der Waals surface area contributed by atoms with Crippen LogP contribution in [0.3, 0.4) is 0 Å². The van der Waals surface area contributed by atoms with Crippen LogP contribution in [0.4, 0.5) is 5.82 Å². The van der Waals surface area contributed by atoms with E-state index in [1.54, 1.807) is 0 Å². The zero-order valence-corrected chi connectivity index (χ0v) is 22.7. The number of nitrogens with zero attached hydrogens (tertiary/aromatic N) is 6. The van der Waals surface area contributed by atoms with Crippen molar-refractivity contribution in [1.82, 2.24) is 29.5 Å². The van der Waals surface area contributed by atoms with Crippen molar-refractivity contribution >= 4 is 5.82 Å². The van der Waals surface area contributed by atoms with E-state index in [9.17, 15) is 0 Å². The van der Waals surface area contributed by atoms with Gasteiger partial charge in [-0.1, -0.05) is 31.9 Å². The molecule has 0 radical (unpaired) electrons. The molecule has 2 aliphatic heterocycles. The second-order valence-electron chi connectivity index (χ2n) is 11.5. The molecule has 3 aliphatic rings. The Labute approximate surface area is 221 Å². The summed E-state index contributed by atoms with van der Waals surface area (Å²) in [6, 6.07) is 7.49. The van der Waals surface area contributed by atoms with Crippen molar-refractivity contribution in [1.29, 1.82) is 0 Å². The molecule has 1 saturated heterocycles. The van der Waals surface area contributed by atoms with Crippen molar-refractivity contribution in [2.45, 2.75) is 69.9 Å². The van der Waals surface area contributed by atoms with Gasteiger partial charge in [0.25, 0.3) is 0 Å². The van der Waals surface area contributed by atoms with Gasteiger partial charge in [0.1, 0.15) is 5.82 Å². The SMILES string of the molecule is CCN1CCC(n2cc(C3CNc4ncc(-c5ccc(C6CCCC6)c(CN(C)C)c5)nc43)cn2)CC1. The molecular formula is C30H41N7. The molecule has 1 saturated carbocycles. The number of anilines is 1. The minimum Gasteiger partial charge on any atom is -0.368 e. The maximum atomic E-state index is 5.19. The van der Waals surface area contributed by atoms with E-state index in [-0.39, 0.29) is 5.92 Å². The van der Waals surface area contributed by atoms with Gasteiger partial charge in [-0.3, -0.25) is 4.68 Å². The van der Waals surface area contributed by atoms with Gasteiger partial charge in [-0.25, -0.2) is 9.97 Å². The Hall–Kier alpha value is -2.77. The Bertz CT molecular complexity index is 1220. The third-order valence-electron chi connectivity index (χ3n) is 8.73. The van der Waals surface area contributed by atoms with Crippen LogP contribution in [0.5, 0.6) is 0 Å². The maximum absolute atomic E-state index is 5.19. The molecular weight excluding hydrogens is 458 g/mol. The molecule has 1 aromatic carbocycles. The van der Waals surface area contributed by atoms with E-state index in [1.807, 2.05) is 12.4 Å². The van der Waals surface area contributed by atoms with Crippen LogP contribution in [0.15, 0.2) is 36.8 Å². The molecule has 0 amide bonds. The highest BCUT2D eigenvalue weighted by molar-refractivity contribution is 5.64. The summed E-state index contributed by atoms with van der Waals surface area (Å²) in [6.07, 6.45) is 13.9. The lowest BCUT2D eigenvalue weighted by molar-refractivity contribution is 0.187. The molecule has 196 valence electrons. The number of benzene rings is 1. The minimum absolute atomic E-state index is 0.186. The summed E-state index contributed by atoms with van der Waals surface area (Å²) in [7, 11) is 4.31. The molecule has 0 spiro atoms. The van der Waals surface area contributed by atoms with E-state index < -0.39 is 0 Å². The van der Waals surface area contributed by atoms with E-state index >= 15 is 0 Å². The van der Waals surface area contributed by atoms with Crippen LogP contribution in [0.1, 0.15) is 85.7 Å². The fourth-order valence-corrected chi connectivity index (χ4v) is 6.60. The lowest BCUT2D eigenvalue weighted by atomic mass is 9.90. The Morgan fingerprint density at radius 3 is 2.62 bits per heavy atom. The largest absolute Gasteiger partial charge is 0.368 e. The first-order valence-electron chi connectivity index (χ1n) is 14.2. The highest BCUT2D eigenvalue weighted by atomic mass is 15.3. The van der Waals surface area contributed by atoms with Crippen molar-refractivity contribution < 1.29 is 0 Å². The highest BCUT2D eigenvalue weighted by Crippen LogP contribution is 2.39. The monoisotopic (exact) mass is 499 g/mol. The molecule has 6 rings (SSSR count). The average molecular weight is 500 g/mol. The molecule has 1 unspecified atom stereocenters. The normalized spacial score (nSPS) is 21.0. The van der Waals surface area contributed by atoms with Gasteiger partial charge in [-0.2, -0.15) is 5.10 Å². The van der Waals surface area contributed by atoms with E-state index in [1.165, 1.54) is 55.2 Å². The predicted molar refractivity (Wildman–Crippen MR) is 149 cm³/mol. The summed E-state index contributed by atoms with van der Waals surface area (Å²) in [6.45, 7) is 7.49. The number of piperidine rings is 1. The number of aromatic nitrogens is 4. The van der Waals surface area contributed by atoms with Gasteiger partial charge in [-0.15, -0.1) is 0 Å². The summed E-state index contributed by atoms with van der Waals surface area (Å²) >= 11 is 0. The number of rotatable bonds is 7. The first kappa shape index (κ1) is 24.6. The fraction of sp³-hybridized carbons (Fsp3) is 0.567. The number of nitrogens with one attached hydrogen (secondary N) is 1. The molecule has 1 N–H and O–H groups in total. The van der Waals surface area contributed by atoms with Crippen molar-refractivity contribution in [3.8, 4) is 11.3 Å². The Morgan fingerprint density at radius 2 is 1.86 bits per heavy atom. The van der Waals surface area contributed by atoms with Crippen LogP contribution in [0, 0.1) is 0 Å². The van der Waals surface area contributed by atoms with Gasteiger partial charge in [0, 0.05) is 43.5 Å². The summed E-state index contributed by atoms with van der Waals surface area (Å²) in [5, 5.41) is 8.28. The van der Waals surface area contributed by atoms with Gasteiger partial charge in [0.05, 0.1) is 35.7 Å². The summed E-state index contributed by atoms with van der Waals surface area (Å²) in [5.74, 6) is 1.80. The summed E-state index contributed by atoms with van der Waals surface area (Å²) < 4.78 is 2.20. The van der Waals surface area contributed by atoms with Gasteiger partial charge in [0.15, 0.2) is 0 Å². The number of fused-ring (bicyclic) bond motifs is 1. The number of hydrogen-bond donors (Lipinski definition) is 1. The highest BCUT2D eigenvalue weighted by Gasteiger charge is 2.30. The first-order valence-corrected chi connectivity index (χ1v) is 14.2. The third-order valence-corrected chi connectivity index (χ3v) is 8.73. The molecule has 1 atom stereocenters. The van der Waals surface area contributed by atoms with Crippen LogP contribution in [-0.2, 0) is 6.54 Å². The van der Waals surface area contributed by atoms with E-state index in [0.717, 1.165) is 55.5 Å². The van der Waals surface area contributed by atoms with Crippen molar-refractivity contribution in [2.24, 2.45) is 0 Å². The van der Waals surface area contributed by atoms with Crippen LogP contribution in [0.2, 0.25) is 0 Å². The number of hydrogen-bond acceptors (Lipinski definition) is 6. The van der Waals surface area contributed by atoms with E-state index in [2.05, 4.69) is 65.2 Å². The molecule has 1 aliphatic carbocycles. The predicted octanol–water partition coefficient (Wildman–Crippen LogP) is 5.27. The quantitative estimate of drug-likeness (QED) is 0.478. The van der Waals surface area contributed by atoms with Crippen LogP contribution in [0.25, 0.3) is 11.3 Å². The first-order chi connectivity index (χ1) is 18.1. The topological polar surface area (TPSA) is 62.1 Å². The molecule has 7 heteroatoms. The molecule has 4 heterocycles. The van der Waals surface area contributed by atoms with E-state index in [0.29, 0.717) is 12.0 Å². The molecule has 3 aromatic rings. The zero-order valence-electron chi connectivity index (χ0n) is 22.7. The van der Waals surface area contributed by atoms with E-state index in [4.69, 9.17) is 15.1 Å². The third kappa shape index (κ3) is 5.04. The Kier molecular flexibility index (Phi) is 7.00. The van der Waals surface area contributed by atoms with Crippen LogP contribution in [-0.4, -0.2) is 69.8 Å². The zero-order chi connectivity index (χ0) is 25.4. The molecule has 7 nitrogen and oxygen atoms in total. The Balaban J connectivity index is 1.26. The smallest absolute Gasteiger partial charge is 0.148 e. The van der Waals surface area contributed by atoms with Gasteiger partial charge in [-0.05, 0) is 69.4 Å². The molecule has 0 bridgehead atoms. The van der Waals surface area contributed by atoms with Gasteiger partial charge in [0.2, 0.25) is 0 Å². The second kappa shape index (κ2) is 10.5. The maximum Gasteiger partial charge on any atom is 0.148 e. The lowest BCUT2D eigenvalue weighted by Crippen LogP contribution is -2.34. The Morgan fingerprint density at radius 1 is 1.05 bits per heavy atom. The average Bonchev–Trinajstić information content (AvgIpc) is 3.69. The van der Waals surface area contributed by atoms with Gasteiger partial charge >= 0.3 is 0 Å². The summed E-state index contributed by atoms with van der Waals surface area (Å²) in [5.41, 5.74) is 7.37. The second-order valence-corrected chi connectivity index (χ2v) is 11.5. The molecule has 2 fully saturated rings. The molecule has 2 aromatic heterocycles. The van der Waals surface area contributed by atoms with Crippen molar-refractivity contribution in [3.05, 3.63) is 59.2 Å². The van der Waals surface area contributed by atoms with Crippen LogP contribution >= 0.6 is 0 Å². The van der Waals surface area contributed by atoms with Gasteiger partial charge < -0.3 is 15.1 Å². The van der Waals surface area contributed by atoms with Crippen molar-refractivity contribution in [3.63, 3.8) is 0 Å².